The summed E-state index contributed by atoms with van der Waals surface area (Å²) in [5.41, 5.74) is -1.01. The molecule has 1 aromatic heterocycles. The Balaban J connectivity index is 1.83. The van der Waals surface area contributed by atoms with Crippen molar-refractivity contribution in [3.8, 4) is 5.75 Å². The van der Waals surface area contributed by atoms with E-state index in [1.807, 2.05) is 0 Å². The third-order valence-corrected chi connectivity index (χ3v) is 8.39. The van der Waals surface area contributed by atoms with Gasteiger partial charge in [-0.05, 0) is 71.4 Å². The van der Waals surface area contributed by atoms with Crippen LogP contribution in [-0.2, 0) is 37.4 Å². The number of thiazole rings is 1. The fourth-order valence-electron chi connectivity index (χ4n) is 3.64. The molecule has 0 spiro atoms. The summed E-state index contributed by atoms with van der Waals surface area (Å²) in [5, 5.41) is 6.13. The standard InChI is InChI=1S/C30H37FN4O8S2/c1-29(2,3)42-26(37)24-18-44-27(34-24)35(17-19-8-11-21(41-7)12-9-19)45(39,40)22-13-10-20(23(31)14-22)15-32-25(36)16-33-28(38)43-30(4,5)6/h8-14,18H,15-17H2,1-7H3,(H,32,36)(H,33,38). The number of aromatic nitrogens is 1. The van der Waals surface area contributed by atoms with Gasteiger partial charge in [-0.15, -0.1) is 11.3 Å². The van der Waals surface area contributed by atoms with Gasteiger partial charge in [0.05, 0.1) is 18.6 Å². The van der Waals surface area contributed by atoms with Crippen LogP contribution in [0.4, 0.5) is 14.3 Å². The number of sulfonamides is 1. The minimum Gasteiger partial charge on any atom is -0.497 e. The molecule has 0 radical (unpaired) electrons. The monoisotopic (exact) mass is 664 g/mol. The number of methoxy groups -OCH3 is 1. The maximum atomic E-state index is 15.2. The van der Waals surface area contributed by atoms with Crippen molar-refractivity contribution >= 4 is 44.5 Å². The number of nitrogens with zero attached hydrogens (tertiary/aromatic N) is 2. The van der Waals surface area contributed by atoms with Crippen molar-refractivity contribution in [1.82, 2.24) is 15.6 Å². The molecule has 2 amide bonds. The highest BCUT2D eigenvalue weighted by Gasteiger charge is 2.30. The molecule has 0 aliphatic carbocycles. The van der Waals surface area contributed by atoms with Gasteiger partial charge in [-0.1, -0.05) is 18.2 Å². The van der Waals surface area contributed by atoms with E-state index in [1.54, 1.807) is 65.8 Å². The SMILES string of the molecule is COc1ccc(CN(c2nc(C(=O)OC(C)(C)C)cs2)S(=O)(=O)c2ccc(CNC(=O)CNC(=O)OC(C)(C)C)c(F)c2)cc1. The van der Waals surface area contributed by atoms with Gasteiger partial charge in [0, 0.05) is 17.5 Å². The molecule has 3 aromatic rings. The predicted octanol–water partition coefficient (Wildman–Crippen LogP) is 4.78. The van der Waals surface area contributed by atoms with E-state index >= 15 is 4.39 Å². The van der Waals surface area contributed by atoms with Gasteiger partial charge in [0.1, 0.15) is 29.3 Å². The highest BCUT2D eigenvalue weighted by Crippen LogP contribution is 2.31. The van der Waals surface area contributed by atoms with Gasteiger partial charge in [0.15, 0.2) is 5.69 Å². The third kappa shape index (κ3) is 10.4. The average Bonchev–Trinajstić information content (AvgIpc) is 3.42. The first-order chi connectivity index (χ1) is 20.9. The number of amides is 2. The summed E-state index contributed by atoms with van der Waals surface area (Å²) < 4.78 is 59.6. The first-order valence-corrected chi connectivity index (χ1v) is 16.1. The Morgan fingerprint density at radius 1 is 0.956 bits per heavy atom. The third-order valence-electron chi connectivity index (χ3n) is 5.68. The van der Waals surface area contributed by atoms with E-state index in [-0.39, 0.29) is 34.4 Å². The number of nitrogens with one attached hydrogen (secondary N) is 2. The Labute approximate surface area is 265 Å². The fourth-order valence-corrected chi connectivity index (χ4v) is 6.07. The fraction of sp³-hybridized carbons (Fsp3) is 0.400. The number of benzene rings is 2. The molecule has 0 bridgehead atoms. The zero-order valence-corrected chi connectivity index (χ0v) is 27.7. The van der Waals surface area contributed by atoms with Gasteiger partial charge in [0.25, 0.3) is 10.0 Å². The molecule has 12 nitrogen and oxygen atoms in total. The van der Waals surface area contributed by atoms with Crippen molar-refractivity contribution in [3.63, 3.8) is 0 Å². The lowest BCUT2D eigenvalue weighted by Gasteiger charge is -2.22. The van der Waals surface area contributed by atoms with Gasteiger partial charge < -0.3 is 24.8 Å². The van der Waals surface area contributed by atoms with Crippen LogP contribution in [0.3, 0.4) is 0 Å². The Morgan fingerprint density at radius 3 is 2.18 bits per heavy atom. The number of halogens is 1. The van der Waals surface area contributed by atoms with Gasteiger partial charge in [-0.25, -0.2) is 31.7 Å². The lowest BCUT2D eigenvalue weighted by Crippen LogP contribution is -2.39. The molecule has 2 N–H and O–H groups in total. The molecular weight excluding hydrogens is 627 g/mol. The summed E-state index contributed by atoms with van der Waals surface area (Å²) in [6.07, 6.45) is -0.781. The minimum absolute atomic E-state index is 0.0164. The predicted molar refractivity (Wildman–Crippen MR) is 166 cm³/mol. The van der Waals surface area contributed by atoms with E-state index in [2.05, 4.69) is 15.6 Å². The van der Waals surface area contributed by atoms with E-state index in [1.165, 1.54) is 24.6 Å². The van der Waals surface area contributed by atoms with E-state index in [0.717, 1.165) is 21.7 Å². The van der Waals surface area contributed by atoms with E-state index < -0.39 is 51.6 Å². The lowest BCUT2D eigenvalue weighted by molar-refractivity contribution is -0.120. The molecule has 244 valence electrons. The summed E-state index contributed by atoms with van der Waals surface area (Å²) in [5.74, 6) is -1.63. The number of rotatable bonds is 11. The highest BCUT2D eigenvalue weighted by molar-refractivity contribution is 7.93. The molecule has 15 heteroatoms. The summed E-state index contributed by atoms with van der Waals surface area (Å²) >= 11 is 0.919. The number of anilines is 1. The van der Waals surface area contributed by atoms with Crippen molar-refractivity contribution in [3.05, 3.63) is 70.5 Å². The highest BCUT2D eigenvalue weighted by atomic mass is 32.2. The van der Waals surface area contributed by atoms with Gasteiger partial charge in [-0.3, -0.25) is 4.79 Å². The van der Waals surface area contributed by atoms with Crippen LogP contribution >= 0.6 is 11.3 Å². The minimum atomic E-state index is -4.41. The van der Waals surface area contributed by atoms with Gasteiger partial charge in [-0.2, -0.15) is 0 Å². The van der Waals surface area contributed by atoms with Crippen molar-refractivity contribution in [2.45, 2.75) is 70.7 Å². The van der Waals surface area contributed by atoms with Gasteiger partial charge >= 0.3 is 12.1 Å². The molecule has 0 saturated heterocycles. The van der Waals surface area contributed by atoms with Crippen LogP contribution in [0.1, 0.15) is 63.2 Å². The molecule has 0 aliphatic heterocycles. The molecule has 3 rings (SSSR count). The summed E-state index contributed by atoms with van der Waals surface area (Å²) in [4.78, 5) is 40.4. The Bertz CT molecular complexity index is 1630. The molecule has 45 heavy (non-hydrogen) atoms. The second-order valence-electron chi connectivity index (χ2n) is 11.8. The second-order valence-corrected chi connectivity index (χ2v) is 14.5. The van der Waals surface area contributed by atoms with Crippen LogP contribution in [0.25, 0.3) is 0 Å². The van der Waals surface area contributed by atoms with Crippen molar-refractivity contribution in [1.29, 1.82) is 0 Å². The Kier molecular flexibility index (Phi) is 11.2. The van der Waals surface area contributed by atoms with Crippen LogP contribution in [0, 0.1) is 5.82 Å². The molecule has 0 aliphatic rings. The number of esters is 1. The van der Waals surface area contributed by atoms with Crippen molar-refractivity contribution < 1.29 is 41.4 Å². The second kappa shape index (κ2) is 14.2. The Morgan fingerprint density at radius 2 is 1.60 bits per heavy atom. The molecular formula is C30H37FN4O8S2. The van der Waals surface area contributed by atoms with Crippen molar-refractivity contribution in [2.24, 2.45) is 0 Å². The smallest absolute Gasteiger partial charge is 0.408 e. The quantitative estimate of drug-likeness (QED) is 0.276. The first-order valence-electron chi connectivity index (χ1n) is 13.7. The Hall–Kier alpha value is -4.24. The van der Waals surface area contributed by atoms with Crippen LogP contribution in [0.15, 0.2) is 52.7 Å². The van der Waals surface area contributed by atoms with Crippen LogP contribution in [-0.4, -0.2) is 56.2 Å². The number of alkyl carbamates (subject to hydrolysis) is 1. The zero-order valence-electron chi connectivity index (χ0n) is 26.1. The van der Waals surface area contributed by atoms with Gasteiger partial charge in [0.2, 0.25) is 11.0 Å². The number of carbonyl (C=O) groups excluding carboxylic acids is 3. The van der Waals surface area contributed by atoms with Crippen molar-refractivity contribution in [2.75, 3.05) is 18.0 Å². The van der Waals surface area contributed by atoms with E-state index in [9.17, 15) is 22.8 Å². The number of hydrogen-bond donors (Lipinski definition) is 2. The lowest BCUT2D eigenvalue weighted by atomic mass is 10.2. The summed E-state index contributed by atoms with van der Waals surface area (Å²) in [7, 11) is -2.91. The number of hydrogen-bond acceptors (Lipinski definition) is 10. The maximum Gasteiger partial charge on any atom is 0.408 e. The summed E-state index contributed by atoms with van der Waals surface area (Å²) in [6, 6.07) is 9.98. The number of ether oxygens (including phenoxy) is 3. The number of carbonyl (C=O) groups is 3. The maximum absolute atomic E-state index is 15.2. The zero-order chi connectivity index (χ0) is 33.6. The molecule has 0 unspecified atom stereocenters. The molecule has 0 atom stereocenters. The van der Waals surface area contributed by atoms with E-state index in [0.29, 0.717) is 11.3 Å². The largest absolute Gasteiger partial charge is 0.497 e. The van der Waals surface area contributed by atoms with Crippen LogP contribution in [0.2, 0.25) is 0 Å². The molecule has 0 fully saturated rings. The molecule has 1 heterocycles. The van der Waals surface area contributed by atoms with E-state index in [4.69, 9.17) is 14.2 Å². The topological polar surface area (TPSA) is 153 Å². The molecule has 2 aromatic carbocycles. The first kappa shape index (κ1) is 35.2. The van der Waals surface area contributed by atoms with Crippen LogP contribution in [0.5, 0.6) is 5.75 Å². The van der Waals surface area contributed by atoms with Crippen LogP contribution < -0.4 is 19.7 Å². The summed E-state index contributed by atoms with van der Waals surface area (Å²) in [6.45, 7) is 9.28. The molecule has 0 saturated carbocycles. The average molecular weight is 665 g/mol. The normalized spacial score (nSPS) is 11.8.